The van der Waals surface area contributed by atoms with Crippen LogP contribution < -0.4 is 5.32 Å². The maximum absolute atomic E-state index is 12.7. The number of halogens is 1. The molecule has 0 aliphatic heterocycles. The summed E-state index contributed by atoms with van der Waals surface area (Å²) in [7, 11) is 0. The highest BCUT2D eigenvalue weighted by molar-refractivity contribution is 5.78. The second-order valence-electron chi connectivity index (χ2n) is 4.41. The third-order valence-corrected chi connectivity index (χ3v) is 2.81. The van der Waals surface area contributed by atoms with Crippen LogP contribution in [0.5, 0.6) is 0 Å². The molecule has 0 saturated carbocycles. The standard InChI is InChI=1S/C15H19FN2O2/c1-3-9-18(12(2)19)10-8-15(20)17-11-13-4-6-14(16)7-5-13/h3-7H,1,8-11H2,2H3,(H,17,20). The lowest BCUT2D eigenvalue weighted by atomic mass is 10.2. The Kier molecular flexibility index (Phi) is 6.43. The topological polar surface area (TPSA) is 49.4 Å². The summed E-state index contributed by atoms with van der Waals surface area (Å²) in [6, 6.07) is 5.94. The first-order chi connectivity index (χ1) is 9.52. The summed E-state index contributed by atoms with van der Waals surface area (Å²) in [5.41, 5.74) is 0.828. The van der Waals surface area contributed by atoms with Crippen molar-refractivity contribution in [1.82, 2.24) is 10.2 Å². The van der Waals surface area contributed by atoms with Crippen LogP contribution in [0.25, 0.3) is 0 Å². The van der Waals surface area contributed by atoms with Crippen molar-refractivity contribution < 1.29 is 14.0 Å². The van der Waals surface area contributed by atoms with E-state index in [0.717, 1.165) is 5.56 Å². The van der Waals surface area contributed by atoms with Crippen molar-refractivity contribution in [1.29, 1.82) is 0 Å². The van der Waals surface area contributed by atoms with Crippen LogP contribution in [0.4, 0.5) is 4.39 Å². The monoisotopic (exact) mass is 278 g/mol. The molecule has 108 valence electrons. The fraction of sp³-hybridized carbons (Fsp3) is 0.333. The molecule has 0 aromatic heterocycles. The first-order valence-electron chi connectivity index (χ1n) is 6.40. The number of nitrogens with zero attached hydrogens (tertiary/aromatic N) is 1. The molecule has 1 aromatic rings. The van der Waals surface area contributed by atoms with Gasteiger partial charge in [-0.2, -0.15) is 0 Å². The SMILES string of the molecule is C=CCN(CCC(=O)NCc1ccc(F)cc1)C(C)=O. The number of hydrogen-bond acceptors (Lipinski definition) is 2. The van der Waals surface area contributed by atoms with E-state index in [9.17, 15) is 14.0 Å². The molecule has 1 N–H and O–H groups in total. The Balaban J connectivity index is 2.34. The number of benzene rings is 1. The molecular formula is C15H19FN2O2. The highest BCUT2D eigenvalue weighted by Gasteiger charge is 2.09. The molecule has 0 spiro atoms. The zero-order chi connectivity index (χ0) is 15.0. The lowest BCUT2D eigenvalue weighted by Gasteiger charge is -2.18. The normalized spacial score (nSPS) is 9.90. The van der Waals surface area contributed by atoms with Gasteiger partial charge in [0.05, 0.1) is 0 Å². The molecule has 2 amide bonds. The van der Waals surface area contributed by atoms with Crippen LogP contribution in [0.15, 0.2) is 36.9 Å². The van der Waals surface area contributed by atoms with Gasteiger partial charge in [-0.25, -0.2) is 4.39 Å². The van der Waals surface area contributed by atoms with E-state index in [2.05, 4.69) is 11.9 Å². The molecule has 5 heteroatoms. The summed E-state index contributed by atoms with van der Waals surface area (Å²) < 4.78 is 12.7. The quantitative estimate of drug-likeness (QED) is 0.774. The molecule has 4 nitrogen and oxygen atoms in total. The Morgan fingerprint density at radius 2 is 2.00 bits per heavy atom. The fourth-order valence-electron chi connectivity index (χ4n) is 1.66. The molecule has 1 aromatic carbocycles. The number of nitrogens with one attached hydrogen (secondary N) is 1. The van der Waals surface area contributed by atoms with Gasteiger partial charge in [0.2, 0.25) is 11.8 Å². The number of rotatable bonds is 7. The summed E-state index contributed by atoms with van der Waals surface area (Å²) in [4.78, 5) is 24.5. The van der Waals surface area contributed by atoms with Crippen LogP contribution in [-0.2, 0) is 16.1 Å². The largest absolute Gasteiger partial charge is 0.352 e. The molecular weight excluding hydrogens is 259 g/mol. The second-order valence-corrected chi connectivity index (χ2v) is 4.41. The van der Waals surface area contributed by atoms with Crippen LogP contribution in [-0.4, -0.2) is 29.8 Å². The van der Waals surface area contributed by atoms with Crippen molar-refractivity contribution in [3.05, 3.63) is 48.3 Å². The maximum atomic E-state index is 12.7. The molecule has 0 unspecified atom stereocenters. The molecule has 0 bridgehead atoms. The van der Waals surface area contributed by atoms with Gasteiger partial charge in [-0.15, -0.1) is 6.58 Å². The van der Waals surface area contributed by atoms with E-state index < -0.39 is 0 Å². The van der Waals surface area contributed by atoms with Gasteiger partial charge in [-0.1, -0.05) is 18.2 Å². The van der Waals surface area contributed by atoms with E-state index in [1.807, 2.05) is 0 Å². The number of hydrogen-bond donors (Lipinski definition) is 1. The zero-order valence-electron chi connectivity index (χ0n) is 11.6. The Labute approximate surface area is 118 Å². The summed E-state index contributed by atoms with van der Waals surface area (Å²) in [5.74, 6) is -0.539. The maximum Gasteiger partial charge on any atom is 0.222 e. The third-order valence-electron chi connectivity index (χ3n) is 2.81. The molecule has 0 heterocycles. The van der Waals surface area contributed by atoms with E-state index >= 15 is 0 Å². The first kappa shape index (κ1) is 15.9. The van der Waals surface area contributed by atoms with Crippen molar-refractivity contribution >= 4 is 11.8 Å². The smallest absolute Gasteiger partial charge is 0.222 e. The average Bonchev–Trinajstić information content (AvgIpc) is 2.42. The van der Waals surface area contributed by atoms with Gasteiger partial charge in [0, 0.05) is 33.0 Å². The summed E-state index contributed by atoms with van der Waals surface area (Å²) in [5, 5.41) is 2.73. The Morgan fingerprint density at radius 3 is 2.55 bits per heavy atom. The van der Waals surface area contributed by atoms with Crippen LogP contribution in [0, 0.1) is 5.82 Å². The molecule has 0 radical (unpaired) electrons. The van der Waals surface area contributed by atoms with Gasteiger partial charge in [0.15, 0.2) is 0 Å². The van der Waals surface area contributed by atoms with Gasteiger partial charge in [-0.05, 0) is 17.7 Å². The van der Waals surface area contributed by atoms with Crippen molar-refractivity contribution in [2.45, 2.75) is 19.9 Å². The van der Waals surface area contributed by atoms with E-state index in [4.69, 9.17) is 0 Å². The average molecular weight is 278 g/mol. The van der Waals surface area contributed by atoms with E-state index in [-0.39, 0.29) is 24.1 Å². The fourth-order valence-corrected chi connectivity index (χ4v) is 1.66. The molecule has 0 atom stereocenters. The van der Waals surface area contributed by atoms with Crippen molar-refractivity contribution in [3.63, 3.8) is 0 Å². The Morgan fingerprint density at radius 1 is 1.35 bits per heavy atom. The minimum absolute atomic E-state index is 0.0868. The van der Waals surface area contributed by atoms with Gasteiger partial charge in [0.25, 0.3) is 0 Å². The highest BCUT2D eigenvalue weighted by Crippen LogP contribution is 2.02. The van der Waals surface area contributed by atoms with Crippen LogP contribution in [0.3, 0.4) is 0 Å². The summed E-state index contributed by atoms with van der Waals surface area (Å²) in [6.45, 7) is 6.16. The zero-order valence-corrected chi connectivity index (χ0v) is 11.6. The minimum Gasteiger partial charge on any atom is -0.352 e. The molecule has 1 rings (SSSR count). The highest BCUT2D eigenvalue weighted by atomic mass is 19.1. The minimum atomic E-state index is -0.304. The van der Waals surface area contributed by atoms with Crippen molar-refractivity contribution in [3.8, 4) is 0 Å². The lowest BCUT2D eigenvalue weighted by molar-refractivity contribution is -0.129. The predicted molar refractivity (Wildman–Crippen MR) is 75.3 cm³/mol. The Hall–Kier alpha value is -2.17. The van der Waals surface area contributed by atoms with Crippen molar-refractivity contribution in [2.24, 2.45) is 0 Å². The lowest BCUT2D eigenvalue weighted by Crippen LogP contribution is -2.33. The Bertz CT molecular complexity index is 471. The van der Waals surface area contributed by atoms with Crippen LogP contribution in [0.2, 0.25) is 0 Å². The molecule has 0 aliphatic carbocycles. The number of carbonyl (C=O) groups excluding carboxylic acids is 2. The van der Waals surface area contributed by atoms with E-state index in [1.54, 1.807) is 23.1 Å². The number of amides is 2. The molecule has 20 heavy (non-hydrogen) atoms. The van der Waals surface area contributed by atoms with Gasteiger partial charge in [-0.3, -0.25) is 9.59 Å². The van der Waals surface area contributed by atoms with Gasteiger partial charge in [0.1, 0.15) is 5.82 Å². The number of carbonyl (C=O) groups is 2. The van der Waals surface area contributed by atoms with Crippen LogP contribution >= 0.6 is 0 Å². The van der Waals surface area contributed by atoms with E-state index in [1.165, 1.54) is 19.1 Å². The van der Waals surface area contributed by atoms with E-state index in [0.29, 0.717) is 19.6 Å². The molecule has 0 aliphatic rings. The first-order valence-corrected chi connectivity index (χ1v) is 6.40. The van der Waals surface area contributed by atoms with Crippen LogP contribution in [0.1, 0.15) is 18.9 Å². The van der Waals surface area contributed by atoms with Gasteiger partial charge < -0.3 is 10.2 Å². The molecule has 0 fully saturated rings. The summed E-state index contributed by atoms with van der Waals surface area (Å²) in [6.07, 6.45) is 1.85. The predicted octanol–water partition coefficient (Wildman–Crippen LogP) is 1.87. The van der Waals surface area contributed by atoms with Gasteiger partial charge >= 0.3 is 0 Å². The second kappa shape index (κ2) is 8.09. The third kappa shape index (κ3) is 5.65. The van der Waals surface area contributed by atoms with Crippen molar-refractivity contribution in [2.75, 3.05) is 13.1 Å². The molecule has 0 saturated heterocycles. The summed E-state index contributed by atoms with van der Waals surface area (Å²) >= 11 is 0.